The highest BCUT2D eigenvalue weighted by Crippen LogP contribution is 2.07. The maximum Gasteiger partial charge on any atom is 0.292 e. The molecule has 2 rings (SSSR count). The normalized spacial score (nSPS) is 10.1. The molecule has 0 unspecified atom stereocenters. The summed E-state index contributed by atoms with van der Waals surface area (Å²) in [5.74, 6) is -1.29. The molecule has 1 N–H and O–H groups in total. The zero-order chi connectivity index (χ0) is 17.7. The van der Waals surface area contributed by atoms with Crippen molar-refractivity contribution in [2.24, 2.45) is 0 Å². The number of hydrogen-bond donors (Lipinski definition) is 1. The van der Waals surface area contributed by atoms with Crippen molar-refractivity contribution in [2.45, 2.75) is 13.5 Å². The molecule has 0 saturated heterocycles. The van der Waals surface area contributed by atoms with E-state index < -0.39 is 11.7 Å². The van der Waals surface area contributed by atoms with Crippen molar-refractivity contribution in [3.63, 3.8) is 0 Å². The Morgan fingerprint density at radius 2 is 1.42 bits per heavy atom. The van der Waals surface area contributed by atoms with Crippen molar-refractivity contribution in [3.05, 3.63) is 70.8 Å². The third kappa shape index (κ3) is 4.29. The van der Waals surface area contributed by atoms with E-state index in [1.165, 1.54) is 4.90 Å². The molecule has 0 aliphatic heterocycles. The van der Waals surface area contributed by atoms with Crippen molar-refractivity contribution >= 4 is 17.6 Å². The Kier molecular flexibility index (Phi) is 5.47. The molecule has 2 amide bonds. The quantitative estimate of drug-likeness (QED) is 0.677. The average Bonchev–Trinajstić information content (AvgIpc) is 2.59. The van der Waals surface area contributed by atoms with Crippen LogP contribution in [0.1, 0.15) is 31.8 Å². The number of aryl methyl sites for hydroxylation is 1. The van der Waals surface area contributed by atoms with E-state index in [0.717, 1.165) is 11.1 Å². The van der Waals surface area contributed by atoms with E-state index in [1.54, 1.807) is 62.6 Å². The molecule has 24 heavy (non-hydrogen) atoms. The Hall–Kier alpha value is -2.95. The van der Waals surface area contributed by atoms with Crippen LogP contribution in [0, 0.1) is 6.92 Å². The molecular formula is C19H20N2O3. The number of rotatable bonds is 5. The highest BCUT2D eigenvalue weighted by Gasteiger charge is 2.15. The maximum atomic E-state index is 12.0. The highest BCUT2D eigenvalue weighted by molar-refractivity contribution is 6.42. The predicted octanol–water partition coefficient (Wildman–Crippen LogP) is 2.20. The van der Waals surface area contributed by atoms with Gasteiger partial charge in [0.25, 0.3) is 11.8 Å². The molecule has 0 aliphatic rings. The number of nitrogens with one attached hydrogen (secondary N) is 1. The first kappa shape index (κ1) is 17.4. The molecule has 0 fully saturated rings. The van der Waals surface area contributed by atoms with Gasteiger partial charge >= 0.3 is 0 Å². The van der Waals surface area contributed by atoms with Crippen molar-refractivity contribution in [2.75, 3.05) is 14.1 Å². The van der Waals surface area contributed by atoms with E-state index in [2.05, 4.69) is 5.32 Å². The van der Waals surface area contributed by atoms with Gasteiger partial charge in [0.2, 0.25) is 5.78 Å². The van der Waals surface area contributed by atoms with Gasteiger partial charge in [-0.2, -0.15) is 0 Å². The van der Waals surface area contributed by atoms with Gasteiger partial charge in [-0.3, -0.25) is 14.4 Å². The number of carbonyl (C=O) groups excluding carboxylic acids is 3. The summed E-state index contributed by atoms with van der Waals surface area (Å²) in [5, 5.41) is 2.60. The van der Waals surface area contributed by atoms with Crippen molar-refractivity contribution < 1.29 is 14.4 Å². The van der Waals surface area contributed by atoms with Gasteiger partial charge in [-0.1, -0.05) is 42.0 Å². The lowest BCUT2D eigenvalue weighted by molar-refractivity contribution is -0.117. The lowest BCUT2D eigenvalue weighted by atomic mass is 10.1. The zero-order valence-corrected chi connectivity index (χ0v) is 14.0. The lowest BCUT2D eigenvalue weighted by Crippen LogP contribution is -2.30. The van der Waals surface area contributed by atoms with Crippen LogP contribution >= 0.6 is 0 Å². The fraction of sp³-hybridized carbons (Fsp3) is 0.211. The van der Waals surface area contributed by atoms with Gasteiger partial charge in [0.05, 0.1) is 0 Å². The number of carbonyl (C=O) groups is 3. The Bertz CT molecular complexity index is 747. The second-order valence-electron chi connectivity index (χ2n) is 5.77. The smallest absolute Gasteiger partial charge is 0.292 e. The van der Waals surface area contributed by atoms with Crippen LogP contribution in [-0.4, -0.2) is 36.6 Å². The van der Waals surface area contributed by atoms with Crippen molar-refractivity contribution in [3.8, 4) is 0 Å². The summed E-state index contributed by atoms with van der Waals surface area (Å²) in [7, 11) is 3.38. The van der Waals surface area contributed by atoms with Crippen LogP contribution in [-0.2, 0) is 11.3 Å². The van der Waals surface area contributed by atoms with Crippen LogP contribution in [0.4, 0.5) is 0 Å². The topological polar surface area (TPSA) is 66.5 Å². The fourth-order valence-electron chi connectivity index (χ4n) is 2.12. The minimum Gasteiger partial charge on any atom is -0.345 e. The first-order chi connectivity index (χ1) is 11.4. The fourth-order valence-corrected chi connectivity index (χ4v) is 2.12. The third-order valence-electron chi connectivity index (χ3n) is 3.58. The number of hydrogen-bond acceptors (Lipinski definition) is 3. The standard InChI is InChI=1S/C19H20N2O3/c1-13-4-8-15(9-5-13)17(22)18(23)20-12-14-6-10-16(11-7-14)19(24)21(2)3/h4-11H,12H2,1-3H3,(H,20,23). The molecule has 0 heterocycles. The van der Waals surface area contributed by atoms with Gasteiger partial charge in [-0.25, -0.2) is 0 Å². The third-order valence-corrected chi connectivity index (χ3v) is 3.58. The number of amides is 2. The molecule has 5 heteroatoms. The molecule has 0 bridgehead atoms. The summed E-state index contributed by atoms with van der Waals surface area (Å²) in [6, 6.07) is 13.8. The molecule has 0 atom stereocenters. The van der Waals surface area contributed by atoms with Gasteiger partial charge in [0, 0.05) is 31.8 Å². The number of nitrogens with zero attached hydrogens (tertiary/aromatic N) is 1. The minimum atomic E-state index is -0.646. The van der Waals surface area contributed by atoms with Crippen LogP contribution in [0.3, 0.4) is 0 Å². The van der Waals surface area contributed by atoms with E-state index in [-0.39, 0.29) is 12.5 Å². The van der Waals surface area contributed by atoms with Gasteiger partial charge in [-0.15, -0.1) is 0 Å². The van der Waals surface area contributed by atoms with Crippen LogP contribution in [0.5, 0.6) is 0 Å². The van der Waals surface area contributed by atoms with Crippen LogP contribution in [0.2, 0.25) is 0 Å². The molecular weight excluding hydrogens is 304 g/mol. The largest absolute Gasteiger partial charge is 0.345 e. The van der Waals surface area contributed by atoms with E-state index >= 15 is 0 Å². The van der Waals surface area contributed by atoms with Gasteiger partial charge < -0.3 is 10.2 Å². The van der Waals surface area contributed by atoms with Gasteiger partial charge in [0.1, 0.15) is 0 Å². The van der Waals surface area contributed by atoms with Crippen LogP contribution in [0.15, 0.2) is 48.5 Å². The molecule has 0 aliphatic carbocycles. The molecule has 124 valence electrons. The average molecular weight is 324 g/mol. The Labute approximate surface area is 141 Å². The molecule has 0 radical (unpaired) electrons. The molecule has 5 nitrogen and oxygen atoms in total. The lowest BCUT2D eigenvalue weighted by Gasteiger charge is -2.10. The van der Waals surface area contributed by atoms with Crippen molar-refractivity contribution in [1.82, 2.24) is 10.2 Å². The number of Topliss-reactive ketones (excluding diaryl/α,β-unsaturated/α-hetero) is 1. The molecule has 2 aromatic carbocycles. The van der Waals surface area contributed by atoms with Crippen LogP contribution in [0.25, 0.3) is 0 Å². The first-order valence-corrected chi connectivity index (χ1v) is 7.58. The Balaban J connectivity index is 1.95. The van der Waals surface area contributed by atoms with Gasteiger partial charge in [0.15, 0.2) is 0 Å². The summed E-state index contributed by atoms with van der Waals surface area (Å²) in [4.78, 5) is 37.3. The van der Waals surface area contributed by atoms with Crippen molar-refractivity contribution in [1.29, 1.82) is 0 Å². The summed E-state index contributed by atoms with van der Waals surface area (Å²) in [6.45, 7) is 2.14. The van der Waals surface area contributed by atoms with Gasteiger partial charge in [-0.05, 0) is 24.6 Å². The maximum absolute atomic E-state index is 12.0. The predicted molar refractivity (Wildman–Crippen MR) is 91.8 cm³/mol. The first-order valence-electron chi connectivity index (χ1n) is 7.58. The molecule has 0 aromatic heterocycles. The second-order valence-corrected chi connectivity index (χ2v) is 5.77. The minimum absolute atomic E-state index is 0.0832. The second kappa shape index (κ2) is 7.55. The molecule has 2 aromatic rings. The summed E-state index contributed by atoms with van der Waals surface area (Å²) < 4.78 is 0. The van der Waals surface area contributed by atoms with E-state index in [9.17, 15) is 14.4 Å². The Morgan fingerprint density at radius 1 is 0.875 bits per heavy atom. The van der Waals surface area contributed by atoms with Crippen LogP contribution < -0.4 is 5.32 Å². The Morgan fingerprint density at radius 3 is 1.96 bits per heavy atom. The highest BCUT2D eigenvalue weighted by atomic mass is 16.2. The molecule has 0 spiro atoms. The zero-order valence-electron chi connectivity index (χ0n) is 14.0. The number of benzene rings is 2. The monoisotopic (exact) mass is 324 g/mol. The summed E-state index contributed by atoms with van der Waals surface area (Å²) in [5.41, 5.74) is 2.78. The number of ketones is 1. The van der Waals surface area contributed by atoms with E-state index in [4.69, 9.17) is 0 Å². The molecule has 0 saturated carbocycles. The summed E-state index contributed by atoms with van der Waals surface area (Å²) >= 11 is 0. The summed E-state index contributed by atoms with van der Waals surface area (Å²) in [6.07, 6.45) is 0. The SMILES string of the molecule is Cc1ccc(C(=O)C(=O)NCc2ccc(C(=O)N(C)C)cc2)cc1. The van der Waals surface area contributed by atoms with E-state index in [1.807, 2.05) is 6.92 Å². The van der Waals surface area contributed by atoms with E-state index in [0.29, 0.717) is 11.1 Å².